The summed E-state index contributed by atoms with van der Waals surface area (Å²) in [6.07, 6.45) is 0. The molecule has 5 nitrogen and oxygen atoms in total. The Morgan fingerprint density at radius 3 is 2.48 bits per heavy atom. The Balaban J connectivity index is 2.50. The van der Waals surface area contributed by atoms with Crippen LogP contribution < -0.4 is 5.32 Å². The second-order valence-electron chi connectivity index (χ2n) is 6.51. The molecule has 0 aliphatic carbocycles. The molecule has 1 N–H and O–H groups in total. The van der Waals surface area contributed by atoms with E-state index in [1.807, 2.05) is 0 Å². The maximum Gasteiger partial charge on any atom is 0.274 e. The van der Waals surface area contributed by atoms with Gasteiger partial charge in [-0.2, -0.15) is 0 Å². The van der Waals surface area contributed by atoms with Gasteiger partial charge in [-0.15, -0.1) is 0 Å². The lowest BCUT2D eigenvalue weighted by Crippen LogP contribution is -2.48. The van der Waals surface area contributed by atoms with Crippen molar-refractivity contribution in [3.8, 4) is 0 Å². The molecule has 6 heteroatoms. The molecule has 2 rings (SSSR count). The summed E-state index contributed by atoms with van der Waals surface area (Å²) in [5, 5.41) is 15.2. The van der Waals surface area contributed by atoms with Gasteiger partial charge in [0.25, 0.3) is 5.69 Å². The Bertz CT molecular complexity index is 522. The molecule has 1 atom stereocenters. The molecular weight excluding hydrogens is 290 g/mol. The van der Waals surface area contributed by atoms with Gasteiger partial charge in [-0.05, 0) is 17.5 Å². The van der Waals surface area contributed by atoms with Gasteiger partial charge in [-0.1, -0.05) is 32.4 Å². The minimum Gasteiger partial charge on any atom is -0.314 e. The Labute approximate surface area is 130 Å². The molecule has 1 heterocycles. The zero-order chi connectivity index (χ0) is 15.6. The molecule has 1 aromatic rings. The van der Waals surface area contributed by atoms with Crippen molar-refractivity contribution in [3.63, 3.8) is 0 Å². The number of hydrogen-bond donors (Lipinski definition) is 1. The summed E-state index contributed by atoms with van der Waals surface area (Å²) in [5.41, 5.74) is 0.743. The lowest BCUT2D eigenvalue weighted by Gasteiger charge is -2.42. The van der Waals surface area contributed by atoms with Gasteiger partial charge in [0.15, 0.2) is 0 Å². The first-order chi connectivity index (χ1) is 9.80. The fourth-order valence-electron chi connectivity index (χ4n) is 3.06. The number of halogens is 1. The van der Waals surface area contributed by atoms with Crippen molar-refractivity contribution in [3.05, 3.63) is 38.9 Å². The van der Waals surface area contributed by atoms with E-state index >= 15 is 0 Å². The number of nitro benzene ring substituents is 1. The number of hydrogen-bond acceptors (Lipinski definition) is 4. The van der Waals surface area contributed by atoms with Crippen LogP contribution in [0.15, 0.2) is 18.2 Å². The second kappa shape index (κ2) is 6.30. The van der Waals surface area contributed by atoms with E-state index in [2.05, 4.69) is 31.0 Å². The Morgan fingerprint density at radius 2 is 1.95 bits per heavy atom. The SMILES string of the molecule is CC(C)(C)[C@H](c1cc(Cl)ccc1[N+](=O)[O-])N1CCNCC1. The van der Waals surface area contributed by atoms with E-state index < -0.39 is 0 Å². The Morgan fingerprint density at radius 1 is 1.33 bits per heavy atom. The number of nitrogens with one attached hydrogen (secondary N) is 1. The first-order valence-corrected chi connectivity index (χ1v) is 7.57. The van der Waals surface area contributed by atoms with E-state index in [4.69, 9.17) is 11.6 Å². The van der Waals surface area contributed by atoms with Gasteiger partial charge in [0.1, 0.15) is 0 Å². The predicted molar refractivity (Wildman–Crippen MR) is 84.7 cm³/mol. The average Bonchev–Trinajstić information content (AvgIpc) is 2.38. The van der Waals surface area contributed by atoms with Crippen molar-refractivity contribution >= 4 is 17.3 Å². The molecule has 0 radical (unpaired) electrons. The molecular formula is C15H22ClN3O2. The maximum atomic E-state index is 11.4. The van der Waals surface area contributed by atoms with Crippen LogP contribution in [0.5, 0.6) is 0 Å². The third-order valence-electron chi connectivity index (χ3n) is 3.82. The standard InChI is InChI=1S/C15H22ClN3O2/c1-15(2,3)14(18-8-6-17-7-9-18)12-10-11(16)4-5-13(12)19(20)21/h4-5,10,14,17H,6-9H2,1-3H3/t14-/m0/s1. The van der Waals surface area contributed by atoms with Crippen LogP contribution in [0.1, 0.15) is 32.4 Å². The maximum absolute atomic E-state index is 11.4. The van der Waals surface area contributed by atoms with Crippen LogP contribution in [0.3, 0.4) is 0 Å². The number of nitrogens with zero attached hydrogens (tertiary/aromatic N) is 2. The van der Waals surface area contributed by atoms with Crippen molar-refractivity contribution in [1.82, 2.24) is 10.2 Å². The van der Waals surface area contributed by atoms with Crippen LogP contribution in [0.4, 0.5) is 5.69 Å². The van der Waals surface area contributed by atoms with Crippen LogP contribution in [0.2, 0.25) is 5.02 Å². The minimum absolute atomic E-state index is 0.0290. The molecule has 0 unspecified atom stereocenters. The van der Waals surface area contributed by atoms with E-state index in [1.54, 1.807) is 12.1 Å². The van der Waals surface area contributed by atoms with E-state index in [0.29, 0.717) is 10.6 Å². The molecule has 1 fully saturated rings. The third-order valence-corrected chi connectivity index (χ3v) is 4.05. The quantitative estimate of drug-likeness (QED) is 0.687. The number of benzene rings is 1. The first-order valence-electron chi connectivity index (χ1n) is 7.19. The second-order valence-corrected chi connectivity index (χ2v) is 6.95. The smallest absolute Gasteiger partial charge is 0.274 e. The predicted octanol–water partition coefficient (Wildman–Crippen LogP) is 3.24. The van der Waals surface area contributed by atoms with Gasteiger partial charge in [0.05, 0.1) is 4.92 Å². The molecule has 1 aromatic carbocycles. The topological polar surface area (TPSA) is 58.4 Å². The monoisotopic (exact) mass is 311 g/mol. The molecule has 0 amide bonds. The van der Waals surface area contributed by atoms with Crippen molar-refractivity contribution in [2.75, 3.05) is 26.2 Å². The summed E-state index contributed by atoms with van der Waals surface area (Å²) in [6, 6.07) is 4.82. The number of piperazine rings is 1. The minimum atomic E-state index is -0.313. The van der Waals surface area contributed by atoms with Gasteiger partial charge in [0.2, 0.25) is 0 Å². The summed E-state index contributed by atoms with van der Waals surface area (Å²) in [5.74, 6) is 0. The summed E-state index contributed by atoms with van der Waals surface area (Å²) >= 11 is 6.10. The zero-order valence-corrected chi connectivity index (χ0v) is 13.5. The van der Waals surface area contributed by atoms with Crippen LogP contribution in [-0.2, 0) is 0 Å². The molecule has 116 valence electrons. The van der Waals surface area contributed by atoms with Gasteiger partial charge >= 0.3 is 0 Å². The highest BCUT2D eigenvalue weighted by atomic mass is 35.5. The lowest BCUT2D eigenvalue weighted by atomic mass is 9.80. The van der Waals surface area contributed by atoms with Crippen molar-refractivity contribution < 1.29 is 4.92 Å². The molecule has 0 saturated carbocycles. The highest BCUT2D eigenvalue weighted by Crippen LogP contribution is 2.42. The molecule has 1 aliphatic heterocycles. The number of rotatable bonds is 3. The molecule has 0 bridgehead atoms. The summed E-state index contributed by atoms with van der Waals surface area (Å²) in [6.45, 7) is 9.91. The van der Waals surface area contributed by atoms with Crippen molar-refractivity contribution in [2.45, 2.75) is 26.8 Å². The van der Waals surface area contributed by atoms with Crippen LogP contribution >= 0.6 is 11.6 Å². The summed E-state index contributed by atoms with van der Waals surface area (Å²) in [4.78, 5) is 13.4. The lowest BCUT2D eigenvalue weighted by molar-refractivity contribution is -0.386. The van der Waals surface area contributed by atoms with Gasteiger partial charge in [0, 0.05) is 48.9 Å². The van der Waals surface area contributed by atoms with Crippen LogP contribution in [0.25, 0.3) is 0 Å². The third kappa shape index (κ3) is 3.73. The van der Waals surface area contributed by atoms with E-state index in [1.165, 1.54) is 6.07 Å². The Kier molecular flexibility index (Phi) is 4.86. The van der Waals surface area contributed by atoms with E-state index in [-0.39, 0.29) is 22.1 Å². The highest BCUT2D eigenvalue weighted by Gasteiger charge is 2.36. The molecule has 1 aliphatic rings. The van der Waals surface area contributed by atoms with E-state index in [9.17, 15) is 10.1 Å². The van der Waals surface area contributed by atoms with Crippen LogP contribution in [0, 0.1) is 15.5 Å². The molecule has 0 aromatic heterocycles. The average molecular weight is 312 g/mol. The normalized spacial score (nSPS) is 18.5. The van der Waals surface area contributed by atoms with Crippen LogP contribution in [-0.4, -0.2) is 36.0 Å². The fourth-order valence-corrected chi connectivity index (χ4v) is 3.24. The highest BCUT2D eigenvalue weighted by molar-refractivity contribution is 6.30. The van der Waals surface area contributed by atoms with Gasteiger partial charge < -0.3 is 5.32 Å². The summed E-state index contributed by atoms with van der Waals surface area (Å²) in [7, 11) is 0. The fraction of sp³-hybridized carbons (Fsp3) is 0.600. The van der Waals surface area contributed by atoms with Gasteiger partial charge in [-0.25, -0.2) is 0 Å². The van der Waals surface area contributed by atoms with Crippen molar-refractivity contribution in [1.29, 1.82) is 0 Å². The molecule has 21 heavy (non-hydrogen) atoms. The largest absolute Gasteiger partial charge is 0.314 e. The zero-order valence-electron chi connectivity index (χ0n) is 12.7. The van der Waals surface area contributed by atoms with Crippen molar-refractivity contribution in [2.24, 2.45) is 5.41 Å². The number of nitro groups is 1. The summed E-state index contributed by atoms with van der Waals surface area (Å²) < 4.78 is 0. The first kappa shape index (κ1) is 16.2. The van der Waals surface area contributed by atoms with Gasteiger partial charge in [-0.3, -0.25) is 15.0 Å². The molecule has 1 saturated heterocycles. The van der Waals surface area contributed by atoms with E-state index in [0.717, 1.165) is 26.2 Å². The molecule has 0 spiro atoms. The Hall–Kier alpha value is -1.17.